The van der Waals surface area contributed by atoms with Crippen LogP contribution in [0.2, 0.25) is 0 Å². The van der Waals surface area contributed by atoms with Crippen molar-refractivity contribution in [3.05, 3.63) is 47.8 Å². The van der Waals surface area contributed by atoms with E-state index in [4.69, 9.17) is 15.6 Å². The van der Waals surface area contributed by atoms with Crippen LogP contribution in [-0.2, 0) is 0 Å². The number of carbonyl (C=O) groups is 1. The minimum Gasteiger partial charge on any atom is -0.497 e. The average Bonchev–Trinajstić information content (AvgIpc) is 2.41. The molecule has 2 aromatic carbocycles. The third kappa shape index (κ3) is 2.80. The lowest BCUT2D eigenvalue weighted by molar-refractivity contribution is 0.0698. The number of methoxy groups -OCH3 is 1. The van der Waals surface area contributed by atoms with Crippen LogP contribution in [0.4, 0.5) is 21.5 Å². The molecule has 0 bridgehead atoms. The van der Waals surface area contributed by atoms with Crippen molar-refractivity contribution in [1.29, 1.82) is 0 Å². The Bertz CT molecular complexity index is 659. The lowest BCUT2D eigenvalue weighted by atomic mass is 10.1. The first-order valence-corrected chi connectivity index (χ1v) is 5.74. The van der Waals surface area contributed by atoms with E-state index >= 15 is 0 Å². The molecular weight excluding hydrogens is 263 g/mol. The number of anilines is 3. The van der Waals surface area contributed by atoms with Crippen LogP contribution in [0.1, 0.15) is 10.4 Å². The number of rotatable bonds is 4. The summed E-state index contributed by atoms with van der Waals surface area (Å²) in [5.41, 5.74) is 6.44. The second-order valence-electron chi connectivity index (χ2n) is 4.08. The Hall–Kier alpha value is -2.76. The van der Waals surface area contributed by atoms with Gasteiger partial charge in [-0.3, -0.25) is 0 Å². The van der Waals surface area contributed by atoms with Crippen LogP contribution in [0.25, 0.3) is 0 Å². The number of aromatic carboxylic acids is 1. The molecule has 0 aliphatic heterocycles. The lowest BCUT2D eigenvalue weighted by Crippen LogP contribution is -2.03. The van der Waals surface area contributed by atoms with Crippen molar-refractivity contribution in [2.75, 3.05) is 18.2 Å². The number of carboxylic acid groups (broad SMARTS) is 1. The normalized spacial score (nSPS) is 10.1. The first kappa shape index (κ1) is 13.7. The van der Waals surface area contributed by atoms with Gasteiger partial charge >= 0.3 is 5.97 Å². The third-order valence-electron chi connectivity index (χ3n) is 2.73. The number of halogens is 1. The molecule has 0 aromatic heterocycles. The molecule has 20 heavy (non-hydrogen) atoms. The predicted octanol–water partition coefficient (Wildman–Crippen LogP) is 2.86. The highest BCUT2D eigenvalue weighted by molar-refractivity contribution is 5.94. The molecule has 2 rings (SSSR count). The van der Waals surface area contributed by atoms with Gasteiger partial charge in [0.2, 0.25) is 0 Å². The Kier molecular flexibility index (Phi) is 3.74. The van der Waals surface area contributed by atoms with E-state index in [2.05, 4.69) is 5.32 Å². The zero-order valence-electron chi connectivity index (χ0n) is 10.7. The van der Waals surface area contributed by atoms with E-state index in [1.165, 1.54) is 43.5 Å². The van der Waals surface area contributed by atoms with Crippen LogP contribution in [-0.4, -0.2) is 18.2 Å². The van der Waals surface area contributed by atoms with Gasteiger partial charge in [-0.2, -0.15) is 0 Å². The van der Waals surface area contributed by atoms with Crippen molar-refractivity contribution in [2.45, 2.75) is 0 Å². The standard InChI is InChI=1S/C14H13FN2O3/c1-20-9-3-5-11(15)13(7-9)17-8-2-4-10(14(18)19)12(16)6-8/h2-7,17H,16H2,1H3,(H,18,19). The average molecular weight is 276 g/mol. The van der Waals surface area contributed by atoms with Gasteiger partial charge in [0.05, 0.1) is 18.4 Å². The van der Waals surface area contributed by atoms with Crippen LogP contribution in [0.15, 0.2) is 36.4 Å². The van der Waals surface area contributed by atoms with Crippen LogP contribution in [0.5, 0.6) is 5.75 Å². The number of hydrogen-bond donors (Lipinski definition) is 3. The number of hydrogen-bond acceptors (Lipinski definition) is 4. The smallest absolute Gasteiger partial charge is 0.337 e. The van der Waals surface area contributed by atoms with Gasteiger partial charge in [-0.1, -0.05) is 0 Å². The topological polar surface area (TPSA) is 84.6 Å². The fraction of sp³-hybridized carbons (Fsp3) is 0.0714. The predicted molar refractivity (Wildman–Crippen MR) is 74.0 cm³/mol. The fourth-order valence-corrected chi connectivity index (χ4v) is 1.72. The van der Waals surface area contributed by atoms with Crippen molar-refractivity contribution in [3.63, 3.8) is 0 Å². The molecule has 0 aliphatic rings. The molecule has 4 N–H and O–H groups in total. The summed E-state index contributed by atoms with van der Waals surface area (Å²) in [6.45, 7) is 0. The van der Waals surface area contributed by atoms with E-state index in [-0.39, 0.29) is 16.9 Å². The SMILES string of the molecule is COc1ccc(F)c(Nc2ccc(C(=O)O)c(N)c2)c1. The van der Waals surface area contributed by atoms with E-state index in [9.17, 15) is 9.18 Å². The maximum Gasteiger partial charge on any atom is 0.337 e. The summed E-state index contributed by atoms with van der Waals surface area (Å²) < 4.78 is 18.7. The molecule has 0 aliphatic carbocycles. The second kappa shape index (κ2) is 5.48. The summed E-state index contributed by atoms with van der Waals surface area (Å²) in [4.78, 5) is 10.9. The Labute approximate surface area is 114 Å². The highest BCUT2D eigenvalue weighted by atomic mass is 19.1. The van der Waals surface area contributed by atoms with Crippen LogP contribution in [0.3, 0.4) is 0 Å². The third-order valence-corrected chi connectivity index (χ3v) is 2.73. The zero-order chi connectivity index (χ0) is 14.7. The molecule has 104 valence electrons. The molecule has 0 radical (unpaired) electrons. The molecule has 0 amide bonds. The largest absolute Gasteiger partial charge is 0.497 e. The Balaban J connectivity index is 2.30. The molecular formula is C14H13FN2O3. The molecule has 5 nitrogen and oxygen atoms in total. The summed E-state index contributed by atoms with van der Waals surface area (Å²) in [6.07, 6.45) is 0. The molecule has 0 saturated heterocycles. The van der Waals surface area contributed by atoms with E-state index in [0.29, 0.717) is 11.4 Å². The van der Waals surface area contributed by atoms with Gasteiger partial charge in [0.1, 0.15) is 11.6 Å². The summed E-state index contributed by atoms with van der Waals surface area (Å²) >= 11 is 0. The molecule has 0 atom stereocenters. The van der Waals surface area contributed by atoms with Gasteiger partial charge in [-0.15, -0.1) is 0 Å². The Morgan fingerprint density at radius 3 is 2.65 bits per heavy atom. The van der Waals surface area contributed by atoms with Gasteiger partial charge < -0.3 is 20.9 Å². The molecule has 6 heteroatoms. The fourth-order valence-electron chi connectivity index (χ4n) is 1.72. The van der Waals surface area contributed by atoms with Gasteiger partial charge in [0.15, 0.2) is 0 Å². The van der Waals surface area contributed by atoms with Crippen LogP contribution in [0, 0.1) is 5.82 Å². The van der Waals surface area contributed by atoms with E-state index in [1.54, 1.807) is 0 Å². The molecule has 0 saturated carbocycles. The minimum absolute atomic E-state index is 0.00154. The monoisotopic (exact) mass is 276 g/mol. The molecule has 2 aromatic rings. The maximum atomic E-state index is 13.7. The van der Waals surface area contributed by atoms with Crippen molar-refractivity contribution in [3.8, 4) is 5.75 Å². The van der Waals surface area contributed by atoms with Gasteiger partial charge in [-0.05, 0) is 30.3 Å². The van der Waals surface area contributed by atoms with Crippen LogP contribution < -0.4 is 15.8 Å². The second-order valence-corrected chi connectivity index (χ2v) is 4.08. The van der Waals surface area contributed by atoms with Crippen molar-refractivity contribution >= 4 is 23.0 Å². The first-order chi connectivity index (χ1) is 9.51. The Morgan fingerprint density at radius 2 is 2.05 bits per heavy atom. The lowest BCUT2D eigenvalue weighted by Gasteiger charge is -2.10. The van der Waals surface area contributed by atoms with Crippen molar-refractivity contribution in [2.24, 2.45) is 0 Å². The minimum atomic E-state index is -1.11. The summed E-state index contributed by atoms with van der Waals surface area (Å²) in [7, 11) is 1.48. The molecule has 0 unspecified atom stereocenters. The quantitative estimate of drug-likeness (QED) is 0.748. The van der Waals surface area contributed by atoms with Gasteiger partial charge in [0, 0.05) is 17.4 Å². The number of nitrogens with two attached hydrogens (primary N) is 1. The first-order valence-electron chi connectivity index (χ1n) is 5.74. The molecule has 0 heterocycles. The van der Waals surface area contributed by atoms with E-state index < -0.39 is 11.8 Å². The summed E-state index contributed by atoms with van der Waals surface area (Å²) in [6, 6.07) is 8.58. The summed E-state index contributed by atoms with van der Waals surface area (Å²) in [5, 5.41) is 11.7. The summed E-state index contributed by atoms with van der Waals surface area (Å²) in [5.74, 6) is -1.06. The number of benzene rings is 2. The number of ether oxygens (including phenoxy) is 1. The highest BCUT2D eigenvalue weighted by Crippen LogP contribution is 2.26. The maximum absolute atomic E-state index is 13.7. The van der Waals surface area contributed by atoms with Crippen LogP contribution >= 0.6 is 0 Å². The Morgan fingerprint density at radius 1 is 1.30 bits per heavy atom. The van der Waals surface area contributed by atoms with Gasteiger partial charge in [-0.25, -0.2) is 9.18 Å². The number of nitrogens with one attached hydrogen (secondary N) is 1. The van der Waals surface area contributed by atoms with Crippen molar-refractivity contribution < 1.29 is 19.0 Å². The van der Waals surface area contributed by atoms with E-state index in [0.717, 1.165) is 0 Å². The van der Waals surface area contributed by atoms with Crippen molar-refractivity contribution in [1.82, 2.24) is 0 Å². The molecule has 0 fully saturated rings. The van der Waals surface area contributed by atoms with Gasteiger partial charge in [0.25, 0.3) is 0 Å². The number of nitrogen functional groups attached to an aromatic ring is 1. The van der Waals surface area contributed by atoms with E-state index in [1.807, 2.05) is 0 Å². The molecule has 0 spiro atoms. The highest BCUT2D eigenvalue weighted by Gasteiger charge is 2.09. The number of carboxylic acids is 1. The zero-order valence-corrected chi connectivity index (χ0v) is 10.7.